The second-order valence-electron chi connectivity index (χ2n) is 4.75. The van der Waals surface area contributed by atoms with Gasteiger partial charge in [0, 0.05) is 34.0 Å². The molecule has 1 aromatic heterocycles. The zero-order valence-electron chi connectivity index (χ0n) is 11.5. The Labute approximate surface area is 141 Å². The summed E-state index contributed by atoms with van der Waals surface area (Å²) >= 11 is 12.7. The van der Waals surface area contributed by atoms with Crippen molar-refractivity contribution in [2.75, 3.05) is 5.88 Å². The predicted octanol–water partition coefficient (Wildman–Crippen LogP) is 4.22. The third kappa shape index (κ3) is 4.53. The molecule has 1 unspecified atom stereocenters. The molecule has 0 spiro atoms. The Balaban J connectivity index is 2.23. The van der Waals surface area contributed by atoms with Gasteiger partial charge in [0.25, 0.3) is 0 Å². The SMILES string of the molecule is O=C(O)CC(CC(=O)CCl)c1cnc(-c2ccc(Cl)cc2)s1. The van der Waals surface area contributed by atoms with Crippen LogP contribution in [0, 0.1) is 0 Å². The number of ketones is 1. The number of nitrogens with zero attached hydrogens (tertiary/aromatic N) is 1. The molecule has 0 aliphatic heterocycles. The van der Waals surface area contributed by atoms with Crippen LogP contribution in [-0.2, 0) is 9.59 Å². The van der Waals surface area contributed by atoms with E-state index in [9.17, 15) is 9.59 Å². The molecule has 0 saturated heterocycles. The van der Waals surface area contributed by atoms with Gasteiger partial charge in [0.1, 0.15) is 10.8 Å². The summed E-state index contributed by atoms with van der Waals surface area (Å²) in [4.78, 5) is 27.6. The third-order valence-corrected chi connectivity index (χ3v) is 4.82. The summed E-state index contributed by atoms with van der Waals surface area (Å²) in [5.41, 5.74) is 0.901. The topological polar surface area (TPSA) is 67.3 Å². The Kier molecular flexibility index (Phi) is 5.94. The van der Waals surface area contributed by atoms with Crippen LogP contribution in [0.1, 0.15) is 23.6 Å². The van der Waals surface area contributed by atoms with Crippen LogP contribution in [0.5, 0.6) is 0 Å². The number of carbonyl (C=O) groups excluding carboxylic acids is 1. The number of Topliss-reactive ketones (excluding diaryl/α,β-unsaturated/α-hetero) is 1. The molecule has 7 heteroatoms. The number of aromatic nitrogens is 1. The monoisotopic (exact) mass is 357 g/mol. The average molecular weight is 358 g/mol. The van der Waals surface area contributed by atoms with E-state index in [-0.39, 0.29) is 24.5 Å². The highest BCUT2D eigenvalue weighted by Gasteiger charge is 2.21. The molecule has 2 rings (SSSR count). The van der Waals surface area contributed by atoms with Gasteiger partial charge in [-0.05, 0) is 12.1 Å². The Morgan fingerprint density at radius 2 is 1.91 bits per heavy atom. The number of carboxylic acid groups (broad SMARTS) is 1. The predicted molar refractivity (Wildman–Crippen MR) is 87.9 cm³/mol. The molecular formula is C15H13Cl2NO3S. The third-order valence-electron chi connectivity index (χ3n) is 3.06. The first-order chi connectivity index (χ1) is 10.5. The van der Waals surface area contributed by atoms with Crippen molar-refractivity contribution >= 4 is 46.3 Å². The first-order valence-corrected chi connectivity index (χ1v) is 8.23. The van der Waals surface area contributed by atoms with Crippen LogP contribution >= 0.6 is 34.5 Å². The molecule has 2 aromatic rings. The smallest absolute Gasteiger partial charge is 0.304 e. The summed E-state index contributed by atoms with van der Waals surface area (Å²) in [7, 11) is 0. The molecule has 1 aromatic carbocycles. The summed E-state index contributed by atoms with van der Waals surface area (Å²) < 4.78 is 0. The molecule has 0 saturated carbocycles. The zero-order valence-corrected chi connectivity index (χ0v) is 13.8. The van der Waals surface area contributed by atoms with Crippen molar-refractivity contribution in [3.05, 3.63) is 40.4 Å². The maximum absolute atomic E-state index is 11.5. The minimum absolute atomic E-state index is 0.109. The highest BCUT2D eigenvalue weighted by molar-refractivity contribution is 7.15. The number of benzene rings is 1. The summed E-state index contributed by atoms with van der Waals surface area (Å²) in [5, 5.41) is 10.4. The minimum Gasteiger partial charge on any atom is -0.481 e. The van der Waals surface area contributed by atoms with E-state index in [2.05, 4.69) is 4.98 Å². The van der Waals surface area contributed by atoms with E-state index < -0.39 is 11.9 Å². The number of hydrogen-bond donors (Lipinski definition) is 1. The molecule has 0 aliphatic rings. The number of rotatable bonds is 7. The minimum atomic E-state index is -0.950. The van der Waals surface area contributed by atoms with Crippen molar-refractivity contribution in [1.82, 2.24) is 4.98 Å². The molecule has 1 atom stereocenters. The van der Waals surface area contributed by atoms with E-state index in [1.807, 2.05) is 12.1 Å². The van der Waals surface area contributed by atoms with E-state index in [0.717, 1.165) is 15.4 Å². The summed E-state index contributed by atoms with van der Waals surface area (Å²) in [5.74, 6) is -1.63. The van der Waals surface area contributed by atoms with E-state index in [0.29, 0.717) is 5.02 Å². The van der Waals surface area contributed by atoms with Crippen molar-refractivity contribution in [3.8, 4) is 10.6 Å². The lowest BCUT2D eigenvalue weighted by Gasteiger charge is -2.10. The largest absolute Gasteiger partial charge is 0.481 e. The number of carboxylic acids is 1. The lowest BCUT2D eigenvalue weighted by Crippen LogP contribution is -2.11. The van der Waals surface area contributed by atoms with Gasteiger partial charge in [0.2, 0.25) is 0 Å². The summed E-state index contributed by atoms with van der Waals surface area (Å²) in [6, 6.07) is 7.23. The molecule has 0 radical (unpaired) electrons. The standard InChI is InChI=1S/C15H13Cl2NO3S/c16-7-12(19)5-10(6-14(20)21)13-8-18-15(22-13)9-1-3-11(17)4-2-9/h1-4,8,10H,5-7H2,(H,20,21). The van der Waals surface area contributed by atoms with Gasteiger partial charge in [-0.2, -0.15) is 0 Å². The van der Waals surface area contributed by atoms with Crippen molar-refractivity contribution in [1.29, 1.82) is 0 Å². The molecule has 0 bridgehead atoms. The van der Waals surface area contributed by atoms with E-state index in [4.69, 9.17) is 28.3 Å². The number of alkyl halides is 1. The average Bonchev–Trinajstić information content (AvgIpc) is 2.96. The molecule has 1 N–H and O–H groups in total. The quantitative estimate of drug-likeness (QED) is 0.753. The number of thiazole rings is 1. The van der Waals surface area contributed by atoms with Crippen LogP contribution in [0.4, 0.5) is 0 Å². The molecule has 0 fully saturated rings. The van der Waals surface area contributed by atoms with Crippen LogP contribution < -0.4 is 0 Å². The van der Waals surface area contributed by atoms with Gasteiger partial charge in [-0.25, -0.2) is 4.98 Å². The molecule has 1 heterocycles. The molecule has 116 valence electrons. The van der Waals surface area contributed by atoms with Gasteiger partial charge in [0.05, 0.1) is 12.3 Å². The molecule has 0 aliphatic carbocycles. The van der Waals surface area contributed by atoms with Gasteiger partial charge in [-0.3, -0.25) is 9.59 Å². The van der Waals surface area contributed by atoms with E-state index >= 15 is 0 Å². The van der Waals surface area contributed by atoms with Crippen LogP contribution in [0.2, 0.25) is 5.02 Å². The first kappa shape index (κ1) is 16.9. The van der Waals surface area contributed by atoms with Crippen LogP contribution in [-0.4, -0.2) is 27.7 Å². The first-order valence-electron chi connectivity index (χ1n) is 6.50. The van der Waals surface area contributed by atoms with Crippen molar-refractivity contribution < 1.29 is 14.7 Å². The second-order valence-corrected chi connectivity index (χ2v) is 6.51. The van der Waals surface area contributed by atoms with Crippen LogP contribution in [0.3, 0.4) is 0 Å². The highest BCUT2D eigenvalue weighted by Crippen LogP contribution is 2.33. The lowest BCUT2D eigenvalue weighted by molar-refractivity contribution is -0.137. The molecule has 4 nitrogen and oxygen atoms in total. The van der Waals surface area contributed by atoms with Gasteiger partial charge >= 0.3 is 5.97 Å². The Morgan fingerprint density at radius 3 is 2.50 bits per heavy atom. The molecule has 0 amide bonds. The lowest BCUT2D eigenvalue weighted by atomic mass is 9.98. The Morgan fingerprint density at radius 1 is 1.23 bits per heavy atom. The highest BCUT2D eigenvalue weighted by atomic mass is 35.5. The fourth-order valence-electron chi connectivity index (χ4n) is 2.01. The molecule has 22 heavy (non-hydrogen) atoms. The van der Waals surface area contributed by atoms with E-state index in [1.54, 1.807) is 18.3 Å². The number of aliphatic carboxylic acids is 1. The summed E-state index contributed by atoms with van der Waals surface area (Å²) in [6.45, 7) is 0. The Hall–Kier alpha value is -1.43. The summed E-state index contributed by atoms with van der Waals surface area (Å²) in [6.07, 6.45) is 1.62. The molecular weight excluding hydrogens is 345 g/mol. The van der Waals surface area contributed by atoms with Crippen LogP contribution in [0.15, 0.2) is 30.5 Å². The van der Waals surface area contributed by atoms with Gasteiger partial charge in [0.15, 0.2) is 0 Å². The maximum atomic E-state index is 11.5. The Bertz CT molecular complexity index is 670. The van der Waals surface area contributed by atoms with Gasteiger partial charge < -0.3 is 5.11 Å². The van der Waals surface area contributed by atoms with Gasteiger partial charge in [-0.1, -0.05) is 23.7 Å². The number of hydrogen-bond acceptors (Lipinski definition) is 4. The fourth-order valence-corrected chi connectivity index (χ4v) is 3.27. The zero-order chi connectivity index (χ0) is 16.1. The van der Waals surface area contributed by atoms with Crippen molar-refractivity contribution in [2.24, 2.45) is 0 Å². The number of carbonyl (C=O) groups is 2. The van der Waals surface area contributed by atoms with Gasteiger partial charge in [-0.15, -0.1) is 22.9 Å². The van der Waals surface area contributed by atoms with Crippen molar-refractivity contribution in [2.45, 2.75) is 18.8 Å². The maximum Gasteiger partial charge on any atom is 0.304 e. The van der Waals surface area contributed by atoms with E-state index in [1.165, 1.54) is 11.3 Å². The fraction of sp³-hybridized carbons (Fsp3) is 0.267. The van der Waals surface area contributed by atoms with Crippen molar-refractivity contribution in [3.63, 3.8) is 0 Å². The normalized spacial score (nSPS) is 12.1. The van der Waals surface area contributed by atoms with Crippen LogP contribution in [0.25, 0.3) is 10.6 Å². The number of halogens is 2. The second kappa shape index (κ2) is 7.72.